The van der Waals surface area contributed by atoms with Gasteiger partial charge in [0.2, 0.25) is 0 Å². The fraction of sp³-hybridized carbons (Fsp3) is 1.00. The summed E-state index contributed by atoms with van der Waals surface area (Å²) in [6.45, 7) is -3.90. The minimum absolute atomic E-state index is 0. The van der Waals surface area contributed by atoms with Crippen molar-refractivity contribution in [2.75, 3.05) is 33.0 Å². The Kier molecular flexibility index (Phi) is 15.8. The molecule has 0 aliphatic carbocycles. The standard InChI is InChI=1S/C30H50O25.CH4/c31-1-6-11(33)16(38)19(41)26(49-6)46-5-10-15(37)25-23(45)28(51-10)48-4-9-13(35)17(39)20(42)29(52-9)54-24-14(36)7(2-32)50-27(22(24)44)47-3-8-12(34)18(40)21(43)30(53-8)55-25;/h6-45H,1-5H2;1H4/t6?,7?,8?,9?,10?,11-,12+,13+,14+,15+,16?,17-,18-,19+,20?,21?,22?,23?,24-,25-,26+,27?,28?,29+,30+;/m0./s1. The molecule has 0 amide bonds. The molecule has 0 saturated carbocycles. The monoisotopic (exact) mass is 826 g/mol. The van der Waals surface area contributed by atoms with Crippen LogP contribution in [0.3, 0.4) is 0 Å². The van der Waals surface area contributed by atoms with Crippen molar-refractivity contribution >= 4 is 0 Å². The first kappa shape index (κ1) is 46.1. The van der Waals surface area contributed by atoms with E-state index in [1.165, 1.54) is 0 Å². The minimum Gasteiger partial charge on any atom is -0.394 e. The van der Waals surface area contributed by atoms with Crippen LogP contribution in [0.1, 0.15) is 7.43 Å². The highest BCUT2D eigenvalue weighted by Gasteiger charge is 2.55. The fourth-order valence-corrected chi connectivity index (χ4v) is 7.11. The predicted molar refractivity (Wildman–Crippen MR) is 170 cm³/mol. The summed E-state index contributed by atoms with van der Waals surface area (Å²) in [7, 11) is 0. The molecule has 25 nitrogen and oxygen atoms in total. The van der Waals surface area contributed by atoms with Crippen LogP contribution in [0.25, 0.3) is 0 Å². The van der Waals surface area contributed by atoms with Crippen LogP contribution in [-0.4, -0.2) is 263 Å². The molecule has 6 saturated heterocycles. The van der Waals surface area contributed by atoms with Gasteiger partial charge in [-0.1, -0.05) is 7.43 Å². The van der Waals surface area contributed by atoms with Crippen molar-refractivity contribution in [1.29, 1.82) is 0 Å². The number of hydrogen-bond acceptors (Lipinski definition) is 25. The Morgan fingerprint density at radius 3 is 1.25 bits per heavy atom. The molecular formula is C31H54O25. The van der Waals surface area contributed by atoms with Gasteiger partial charge in [-0.05, 0) is 0 Å². The Balaban J connectivity index is 0.00000600. The van der Waals surface area contributed by atoms with E-state index >= 15 is 0 Å². The van der Waals surface area contributed by atoms with Crippen LogP contribution in [0, 0.1) is 0 Å². The molecule has 25 heteroatoms. The molecule has 12 unspecified atom stereocenters. The first-order valence-electron chi connectivity index (χ1n) is 17.6. The normalized spacial score (nSPS) is 54.6. The highest BCUT2D eigenvalue weighted by molar-refractivity contribution is 4.98. The van der Waals surface area contributed by atoms with E-state index in [4.69, 9.17) is 47.4 Å². The van der Waals surface area contributed by atoms with Gasteiger partial charge in [-0.25, -0.2) is 0 Å². The van der Waals surface area contributed by atoms with Gasteiger partial charge in [0.05, 0.1) is 33.0 Å². The van der Waals surface area contributed by atoms with E-state index in [0.717, 1.165) is 0 Å². The van der Waals surface area contributed by atoms with Crippen LogP contribution in [0.15, 0.2) is 0 Å². The van der Waals surface area contributed by atoms with Crippen LogP contribution in [0.2, 0.25) is 0 Å². The van der Waals surface area contributed by atoms with E-state index in [1.54, 1.807) is 0 Å². The van der Waals surface area contributed by atoms with Crippen molar-refractivity contribution in [3.05, 3.63) is 0 Å². The second-order valence-corrected chi connectivity index (χ2v) is 14.2. The lowest BCUT2D eigenvalue weighted by Crippen LogP contribution is -2.67. The lowest BCUT2D eigenvalue weighted by Gasteiger charge is -2.48. The summed E-state index contributed by atoms with van der Waals surface area (Å²) in [5.41, 5.74) is 0. The number of ether oxygens (including phenoxy) is 10. The van der Waals surface area contributed by atoms with Crippen LogP contribution >= 0.6 is 0 Å². The van der Waals surface area contributed by atoms with E-state index in [1.807, 2.05) is 0 Å². The van der Waals surface area contributed by atoms with E-state index < -0.39 is 187 Å². The highest BCUT2D eigenvalue weighted by Crippen LogP contribution is 2.34. The van der Waals surface area contributed by atoms with Gasteiger partial charge in [-0.3, -0.25) is 0 Å². The van der Waals surface area contributed by atoms with Crippen molar-refractivity contribution in [2.45, 2.75) is 161 Å². The minimum atomic E-state index is -2.04. The molecule has 0 radical (unpaired) electrons. The summed E-state index contributed by atoms with van der Waals surface area (Å²) >= 11 is 0. The van der Waals surface area contributed by atoms with Gasteiger partial charge >= 0.3 is 0 Å². The molecule has 6 heterocycles. The van der Waals surface area contributed by atoms with Crippen LogP contribution in [-0.2, 0) is 47.4 Å². The Morgan fingerprint density at radius 2 is 0.786 bits per heavy atom. The zero-order valence-electron chi connectivity index (χ0n) is 28.8. The summed E-state index contributed by atoms with van der Waals surface area (Å²) in [5, 5.41) is 159. The van der Waals surface area contributed by atoms with Gasteiger partial charge in [-0.15, -0.1) is 0 Å². The molecule has 15 N–H and O–H groups in total. The maximum Gasteiger partial charge on any atom is 0.187 e. The second-order valence-electron chi connectivity index (χ2n) is 14.2. The fourth-order valence-electron chi connectivity index (χ4n) is 7.11. The molecule has 6 fully saturated rings. The Morgan fingerprint density at radius 1 is 0.375 bits per heavy atom. The molecule has 6 aliphatic rings. The number of aliphatic hydroxyl groups excluding tert-OH is 15. The summed E-state index contributed by atoms with van der Waals surface area (Å²) in [6, 6.07) is 0. The molecule has 0 aromatic heterocycles. The molecule has 0 spiro atoms. The first-order chi connectivity index (χ1) is 26.1. The second kappa shape index (κ2) is 19.1. The zero-order chi connectivity index (χ0) is 40.0. The smallest absolute Gasteiger partial charge is 0.187 e. The topological polar surface area (TPSA) is 396 Å². The van der Waals surface area contributed by atoms with Gasteiger partial charge < -0.3 is 124 Å². The van der Waals surface area contributed by atoms with E-state index in [0.29, 0.717) is 0 Å². The maximum atomic E-state index is 11.4. The summed E-state index contributed by atoms with van der Waals surface area (Å²) < 4.78 is 56.0. The summed E-state index contributed by atoms with van der Waals surface area (Å²) in [5.74, 6) is 0. The third-order valence-electron chi connectivity index (χ3n) is 10.5. The number of aliphatic hydroxyl groups is 15. The lowest BCUT2D eigenvalue weighted by molar-refractivity contribution is -0.385. The molecule has 0 aromatic carbocycles. The average molecular weight is 827 g/mol. The molecule has 0 aromatic rings. The Hall–Kier alpha value is -1.00. The maximum absolute atomic E-state index is 11.4. The number of hydrogen-bond donors (Lipinski definition) is 15. The molecular weight excluding hydrogens is 772 g/mol. The zero-order valence-corrected chi connectivity index (χ0v) is 28.8. The SMILES string of the molecule is C.OCC1O[C@@H](OCC2OC3OCC4O[C@H](O[C@@H]5C(O)C(OCC6O[C@H](O[C@H](C3O)[C@@H]2O)C(O)[C@@H](O)[C@@H]6O)OC(CO)[C@H]5O)C(O)[C@@H](O)[C@@H]4O)[C@H](O)C(O)[C@H]1O. The molecule has 8 bridgehead atoms. The quantitative estimate of drug-likeness (QED) is 0.122. The number of rotatable bonds is 5. The van der Waals surface area contributed by atoms with Gasteiger partial charge in [-0.2, -0.15) is 0 Å². The van der Waals surface area contributed by atoms with Gasteiger partial charge in [0, 0.05) is 0 Å². The van der Waals surface area contributed by atoms with Gasteiger partial charge in [0.1, 0.15) is 122 Å². The largest absolute Gasteiger partial charge is 0.394 e. The third-order valence-corrected chi connectivity index (χ3v) is 10.5. The third kappa shape index (κ3) is 9.03. The van der Waals surface area contributed by atoms with E-state index in [-0.39, 0.29) is 7.43 Å². The van der Waals surface area contributed by atoms with Crippen molar-refractivity contribution in [1.82, 2.24) is 0 Å². The Bertz CT molecular complexity index is 1220. The summed E-state index contributed by atoms with van der Waals surface area (Å²) in [4.78, 5) is 0. The first-order valence-corrected chi connectivity index (χ1v) is 17.6. The molecule has 6 rings (SSSR count). The van der Waals surface area contributed by atoms with Crippen molar-refractivity contribution in [3.63, 3.8) is 0 Å². The average Bonchev–Trinajstić information content (AvgIpc) is 3.17. The van der Waals surface area contributed by atoms with E-state index in [2.05, 4.69) is 0 Å². The predicted octanol–water partition coefficient (Wildman–Crippen LogP) is -10.2. The van der Waals surface area contributed by atoms with Crippen molar-refractivity contribution in [2.24, 2.45) is 0 Å². The Labute approximate surface area is 318 Å². The molecule has 328 valence electrons. The van der Waals surface area contributed by atoms with Crippen molar-refractivity contribution < 1.29 is 124 Å². The van der Waals surface area contributed by atoms with Crippen LogP contribution < -0.4 is 0 Å². The van der Waals surface area contributed by atoms with Gasteiger partial charge in [0.25, 0.3) is 0 Å². The number of fused-ring (bicyclic) bond motifs is 8. The molecule has 6 aliphatic heterocycles. The molecule has 56 heavy (non-hydrogen) atoms. The highest BCUT2D eigenvalue weighted by atomic mass is 16.8. The summed E-state index contributed by atoms with van der Waals surface area (Å²) in [6.07, 6.45) is -45.4. The molecule has 25 atom stereocenters. The van der Waals surface area contributed by atoms with E-state index in [9.17, 15) is 76.6 Å². The van der Waals surface area contributed by atoms with Crippen molar-refractivity contribution in [3.8, 4) is 0 Å². The van der Waals surface area contributed by atoms with Crippen LogP contribution in [0.4, 0.5) is 0 Å². The lowest BCUT2D eigenvalue weighted by atomic mass is 9.96. The van der Waals surface area contributed by atoms with Gasteiger partial charge in [0.15, 0.2) is 31.5 Å². The van der Waals surface area contributed by atoms with Crippen LogP contribution in [0.5, 0.6) is 0 Å².